The zero-order chi connectivity index (χ0) is 13.0. The summed E-state index contributed by atoms with van der Waals surface area (Å²) in [5.41, 5.74) is 0.726. The van der Waals surface area contributed by atoms with Crippen molar-refractivity contribution in [1.82, 2.24) is 9.78 Å². The Kier molecular flexibility index (Phi) is 4.51. The molecule has 1 aromatic heterocycles. The quantitative estimate of drug-likeness (QED) is 0.733. The Morgan fingerprint density at radius 3 is 2.76 bits per heavy atom. The summed E-state index contributed by atoms with van der Waals surface area (Å²) in [4.78, 5) is 11.1. The molecule has 96 valence electrons. The average molecular weight is 241 g/mol. The zero-order valence-corrected chi connectivity index (χ0v) is 10.6. The molecule has 6 nitrogen and oxygen atoms in total. The van der Waals surface area contributed by atoms with Crippen molar-refractivity contribution >= 4 is 11.8 Å². The van der Waals surface area contributed by atoms with Crippen LogP contribution >= 0.6 is 0 Å². The fourth-order valence-electron chi connectivity index (χ4n) is 1.58. The molecule has 0 spiro atoms. The second-order valence-corrected chi connectivity index (χ2v) is 4.08. The van der Waals surface area contributed by atoms with Gasteiger partial charge in [0.25, 0.3) is 0 Å². The standard InChI is InChI=1S/C11H19N3O3/c1-7(2)17-6-5-12-10-9(11(15)16)8(3)13-14(10)4/h7,12H,5-6H2,1-4H3,(H,15,16). The van der Waals surface area contributed by atoms with Crippen LogP contribution in [0.25, 0.3) is 0 Å². The number of carbonyl (C=O) groups is 1. The topological polar surface area (TPSA) is 76.4 Å². The number of hydrogen-bond acceptors (Lipinski definition) is 4. The third-order valence-corrected chi connectivity index (χ3v) is 2.28. The molecule has 0 aliphatic rings. The highest BCUT2D eigenvalue weighted by molar-refractivity contribution is 5.94. The molecule has 1 heterocycles. The molecule has 17 heavy (non-hydrogen) atoms. The smallest absolute Gasteiger partial charge is 0.341 e. The summed E-state index contributed by atoms with van der Waals surface area (Å²) in [5.74, 6) is -0.453. The van der Waals surface area contributed by atoms with Gasteiger partial charge in [0.05, 0.1) is 18.4 Å². The number of anilines is 1. The van der Waals surface area contributed by atoms with Crippen molar-refractivity contribution in [2.24, 2.45) is 7.05 Å². The van der Waals surface area contributed by atoms with E-state index >= 15 is 0 Å². The first kappa shape index (κ1) is 13.5. The van der Waals surface area contributed by atoms with Gasteiger partial charge in [0.2, 0.25) is 0 Å². The Bertz CT molecular complexity index is 399. The molecule has 0 aliphatic carbocycles. The lowest BCUT2D eigenvalue weighted by molar-refractivity contribution is 0.0696. The van der Waals surface area contributed by atoms with Crippen molar-refractivity contribution in [2.75, 3.05) is 18.5 Å². The maximum absolute atomic E-state index is 11.1. The summed E-state index contributed by atoms with van der Waals surface area (Å²) < 4.78 is 6.91. The molecule has 6 heteroatoms. The molecular weight excluding hydrogens is 222 g/mol. The van der Waals surface area contributed by atoms with Gasteiger partial charge in [0, 0.05) is 13.6 Å². The van der Waals surface area contributed by atoms with E-state index in [-0.39, 0.29) is 11.7 Å². The third-order valence-electron chi connectivity index (χ3n) is 2.28. The highest BCUT2D eigenvalue weighted by Crippen LogP contribution is 2.18. The van der Waals surface area contributed by atoms with Crippen molar-refractivity contribution in [3.63, 3.8) is 0 Å². The normalized spacial score (nSPS) is 10.9. The molecular formula is C11H19N3O3. The predicted molar refractivity (Wildman–Crippen MR) is 64.5 cm³/mol. The molecule has 0 saturated carbocycles. The first-order valence-electron chi connectivity index (χ1n) is 5.55. The number of rotatable bonds is 6. The minimum absolute atomic E-state index is 0.170. The van der Waals surface area contributed by atoms with E-state index in [2.05, 4.69) is 10.4 Å². The fourth-order valence-corrected chi connectivity index (χ4v) is 1.58. The molecule has 0 aromatic carbocycles. The summed E-state index contributed by atoms with van der Waals surface area (Å²) in [7, 11) is 1.71. The van der Waals surface area contributed by atoms with Crippen LogP contribution in [0.5, 0.6) is 0 Å². The summed E-state index contributed by atoms with van der Waals surface area (Å²) in [6.07, 6.45) is 0.170. The number of hydrogen-bond donors (Lipinski definition) is 2. The van der Waals surface area contributed by atoms with E-state index in [1.54, 1.807) is 14.0 Å². The maximum Gasteiger partial charge on any atom is 0.341 e. The van der Waals surface area contributed by atoms with Crippen molar-refractivity contribution in [3.8, 4) is 0 Å². The lowest BCUT2D eigenvalue weighted by Gasteiger charge is -2.10. The van der Waals surface area contributed by atoms with Crippen LogP contribution in [-0.2, 0) is 11.8 Å². The average Bonchev–Trinajstić information content (AvgIpc) is 2.48. The van der Waals surface area contributed by atoms with Gasteiger partial charge in [-0.15, -0.1) is 0 Å². The number of aromatic carboxylic acids is 1. The summed E-state index contributed by atoms with van der Waals surface area (Å²) in [6, 6.07) is 0. The molecule has 0 unspecified atom stereocenters. The van der Waals surface area contributed by atoms with Gasteiger partial charge >= 0.3 is 5.97 Å². The monoisotopic (exact) mass is 241 g/mol. The second kappa shape index (κ2) is 5.67. The van der Waals surface area contributed by atoms with Crippen LogP contribution in [0.15, 0.2) is 0 Å². The van der Waals surface area contributed by atoms with Crippen LogP contribution < -0.4 is 5.32 Å². The zero-order valence-electron chi connectivity index (χ0n) is 10.6. The lowest BCUT2D eigenvalue weighted by Crippen LogP contribution is -2.16. The number of ether oxygens (including phenoxy) is 1. The first-order chi connectivity index (χ1) is 7.93. The van der Waals surface area contributed by atoms with E-state index in [9.17, 15) is 4.79 Å². The minimum Gasteiger partial charge on any atom is -0.477 e. The van der Waals surface area contributed by atoms with E-state index < -0.39 is 5.97 Å². The van der Waals surface area contributed by atoms with Gasteiger partial charge in [-0.05, 0) is 20.8 Å². The summed E-state index contributed by atoms with van der Waals surface area (Å²) in [6.45, 7) is 6.67. The Hall–Kier alpha value is -1.56. The number of carboxylic acids is 1. The van der Waals surface area contributed by atoms with Crippen molar-refractivity contribution in [1.29, 1.82) is 0 Å². The summed E-state index contributed by atoms with van der Waals surface area (Å²) in [5, 5.41) is 16.2. The van der Waals surface area contributed by atoms with Crippen molar-refractivity contribution in [2.45, 2.75) is 26.9 Å². The molecule has 0 fully saturated rings. The predicted octanol–water partition coefficient (Wildman–Crippen LogP) is 1.26. The van der Waals surface area contributed by atoms with Gasteiger partial charge in [-0.1, -0.05) is 0 Å². The van der Waals surface area contributed by atoms with E-state index in [0.29, 0.717) is 24.7 Å². The highest BCUT2D eigenvalue weighted by Gasteiger charge is 2.18. The van der Waals surface area contributed by atoms with Crippen molar-refractivity contribution in [3.05, 3.63) is 11.3 Å². The Balaban J connectivity index is 2.67. The molecule has 0 bridgehead atoms. The van der Waals surface area contributed by atoms with Crippen LogP contribution in [0, 0.1) is 6.92 Å². The van der Waals surface area contributed by atoms with Crippen LogP contribution in [0.2, 0.25) is 0 Å². The van der Waals surface area contributed by atoms with Crippen LogP contribution in [0.4, 0.5) is 5.82 Å². The van der Waals surface area contributed by atoms with Gasteiger partial charge < -0.3 is 15.2 Å². The first-order valence-corrected chi connectivity index (χ1v) is 5.55. The SMILES string of the molecule is Cc1nn(C)c(NCCOC(C)C)c1C(=O)O. The molecule has 0 amide bonds. The molecule has 2 N–H and O–H groups in total. The summed E-state index contributed by atoms with van der Waals surface area (Å²) >= 11 is 0. The van der Waals surface area contributed by atoms with Crippen LogP contribution in [-0.4, -0.2) is 40.1 Å². The van der Waals surface area contributed by atoms with Crippen LogP contribution in [0.3, 0.4) is 0 Å². The van der Waals surface area contributed by atoms with E-state index in [0.717, 1.165) is 0 Å². The van der Waals surface area contributed by atoms with Gasteiger partial charge in [-0.2, -0.15) is 5.10 Å². The highest BCUT2D eigenvalue weighted by atomic mass is 16.5. The minimum atomic E-state index is -0.970. The third kappa shape index (κ3) is 3.45. The van der Waals surface area contributed by atoms with Gasteiger partial charge in [-0.3, -0.25) is 4.68 Å². The van der Waals surface area contributed by atoms with Crippen molar-refractivity contribution < 1.29 is 14.6 Å². The number of carboxylic acid groups (broad SMARTS) is 1. The van der Waals surface area contributed by atoms with Gasteiger partial charge in [0.15, 0.2) is 0 Å². The number of nitrogens with zero attached hydrogens (tertiary/aromatic N) is 2. The molecule has 0 saturated heterocycles. The number of nitrogens with one attached hydrogen (secondary N) is 1. The number of aromatic nitrogens is 2. The maximum atomic E-state index is 11.1. The second-order valence-electron chi connectivity index (χ2n) is 4.08. The Morgan fingerprint density at radius 2 is 2.24 bits per heavy atom. The molecule has 0 atom stereocenters. The van der Waals surface area contributed by atoms with Crippen LogP contribution in [0.1, 0.15) is 29.9 Å². The fraction of sp³-hybridized carbons (Fsp3) is 0.636. The van der Waals surface area contributed by atoms with E-state index in [4.69, 9.17) is 9.84 Å². The van der Waals surface area contributed by atoms with Gasteiger partial charge in [-0.25, -0.2) is 4.79 Å². The molecule has 1 rings (SSSR count). The molecule has 1 aromatic rings. The largest absolute Gasteiger partial charge is 0.477 e. The van der Waals surface area contributed by atoms with E-state index in [1.165, 1.54) is 4.68 Å². The lowest BCUT2D eigenvalue weighted by atomic mass is 10.2. The van der Waals surface area contributed by atoms with E-state index in [1.807, 2.05) is 13.8 Å². The number of aryl methyl sites for hydroxylation is 2. The van der Waals surface area contributed by atoms with Gasteiger partial charge in [0.1, 0.15) is 11.4 Å². The Labute approximate surface area is 101 Å². The Morgan fingerprint density at radius 1 is 1.59 bits per heavy atom. The molecule has 0 aliphatic heterocycles. The molecule has 0 radical (unpaired) electrons.